The van der Waals surface area contributed by atoms with E-state index in [2.05, 4.69) is 35.1 Å². The Kier molecular flexibility index (Phi) is 10.9. The summed E-state index contributed by atoms with van der Waals surface area (Å²) in [5, 5.41) is 11.0. The molecule has 0 unspecified atom stereocenters. The molecular formula is C36H58N6O7S. The van der Waals surface area contributed by atoms with Crippen LogP contribution < -0.4 is 21.3 Å². The Morgan fingerprint density at radius 2 is 1.50 bits per heavy atom. The number of sulfonamides is 1. The van der Waals surface area contributed by atoms with E-state index in [1.54, 1.807) is 4.90 Å². The maximum absolute atomic E-state index is 14.5. The SMILES string of the molecule is CCN1CC[C@@H](C2(NC(=O)N[C@@H]3CCCCCCCC[C@H](C(=O)C(=O)NC4CC4)NC(=O)[C@@H]4[C@@H]5[C@H](CN4C3=O)C5(C)C)CCCCC2)S1(=O)=O. The molecule has 6 rings (SSSR count). The predicted octanol–water partition coefficient (Wildman–Crippen LogP) is 2.73. The molecule has 0 aromatic heterocycles. The van der Waals surface area contributed by atoms with Crippen molar-refractivity contribution in [2.75, 3.05) is 19.6 Å². The van der Waals surface area contributed by atoms with E-state index in [4.69, 9.17) is 0 Å². The van der Waals surface area contributed by atoms with Gasteiger partial charge in [-0.15, -0.1) is 0 Å². The highest BCUT2D eigenvalue weighted by Crippen LogP contribution is 2.65. The lowest BCUT2D eigenvalue weighted by molar-refractivity contribution is -0.144. The fourth-order valence-electron chi connectivity index (χ4n) is 9.59. The van der Waals surface area contributed by atoms with Crippen molar-refractivity contribution in [2.24, 2.45) is 17.3 Å². The minimum atomic E-state index is -3.59. The molecule has 3 saturated carbocycles. The minimum Gasteiger partial charge on any atom is -0.347 e. The summed E-state index contributed by atoms with van der Waals surface area (Å²) in [6, 6.07) is -3.22. The second-order valence-corrected chi connectivity index (χ2v) is 18.6. The largest absolute Gasteiger partial charge is 0.347 e. The number of carbonyl (C=O) groups is 5. The predicted molar refractivity (Wildman–Crippen MR) is 187 cm³/mol. The number of nitrogens with zero attached hydrogens (tertiary/aromatic N) is 2. The Morgan fingerprint density at radius 3 is 2.14 bits per heavy atom. The number of ketones is 1. The average Bonchev–Trinajstić information content (AvgIpc) is 3.87. The Bertz CT molecular complexity index is 1440. The molecule has 5 amide bonds. The van der Waals surface area contributed by atoms with Crippen molar-refractivity contribution in [2.45, 2.75) is 158 Å². The summed E-state index contributed by atoms with van der Waals surface area (Å²) in [5.74, 6) is -2.08. The number of urea groups is 1. The number of carbonyl (C=O) groups excluding carboxylic acids is 5. The molecule has 50 heavy (non-hydrogen) atoms. The average molecular weight is 719 g/mol. The molecule has 0 aromatic carbocycles. The Labute approximate surface area is 297 Å². The number of hydrogen-bond acceptors (Lipinski definition) is 7. The normalized spacial score (nSPS) is 34.3. The first-order valence-corrected chi connectivity index (χ1v) is 20.8. The summed E-state index contributed by atoms with van der Waals surface area (Å²) in [6.45, 7) is 7.19. The second kappa shape index (κ2) is 14.7. The third-order valence-electron chi connectivity index (χ3n) is 12.8. The van der Waals surface area contributed by atoms with Crippen molar-refractivity contribution in [1.82, 2.24) is 30.5 Å². The number of piperidine rings is 1. The number of amides is 5. The van der Waals surface area contributed by atoms with Crippen LogP contribution >= 0.6 is 0 Å². The zero-order chi connectivity index (χ0) is 35.8. The van der Waals surface area contributed by atoms with Gasteiger partial charge < -0.3 is 26.2 Å². The van der Waals surface area contributed by atoms with Crippen molar-refractivity contribution in [3.8, 4) is 0 Å². The summed E-state index contributed by atoms with van der Waals surface area (Å²) in [4.78, 5) is 70.2. The van der Waals surface area contributed by atoms with Crippen LogP contribution in [-0.4, -0.2) is 102 Å². The summed E-state index contributed by atoms with van der Waals surface area (Å²) in [6.07, 6.45) is 11.6. The van der Waals surface area contributed by atoms with Gasteiger partial charge in [0.15, 0.2) is 0 Å². The molecule has 6 fully saturated rings. The minimum absolute atomic E-state index is 0.0172. The van der Waals surface area contributed by atoms with Gasteiger partial charge in [-0.3, -0.25) is 19.2 Å². The maximum Gasteiger partial charge on any atom is 0.315 e. The quantitative estimate of drug-likeness (QED) is 0.293. The van der Waals surface area contributed by atoms with Gasteiger partial charge >= 0.3 is 6.03 Å². The Hall–Kier alpha value is -2.74. The first-order valence-electron chi connectivity index (χ1n) is 19.3. The van der Waals surface area contributed by atoms with Crippen LogP contribution in [0.15, 0.2) is 0 Å². The lowest BCUT2D eigenvalue weighted by atomic mass is 9.78. The standard InChI is InChI=1S/C36H58N6O7S/c1-4-41-21-18-27(50(41,48)49)36(19-12-9-13-20-36)40-34(47)39-26-15-11-8-6-5-7-10-14-25(30(43)32(45)37-23-16-17-23)38-31(44)29-28-24(35(28,2)3)22-42(29)33(26)46/h23-29H,4-22H2,1-3H3,(H,37,45)(H,38,44)(H2,39,40,47)/t24-,25+,26+,27-,28-,29-/m0/s1. The van der Waals surface area contributed by atoms with Crippen LogP contribution in [0.3, 0.4) is 0 Å². The highest BCUT2D eigenvalue weighted by Gasteiger charge is 2.69. The summed E-state index contributed by atoms with van der Waals surface area (Å²) in [5.41, 5.74) is -1.08. The van der Waals surface area contributed by atoms with Gasteiger partial charge in [0.25, 0.3) is 5.91 Å². The third kappa shape index (κ3) is 7.43. The molecular weight excluding hydrogens is 660 g/mol. The summed E-state index contributed by atoms with van der Waals surface area (Å²) < 4.78 is 28.6. The van der Waals surface area contributed by atoms with Crippen LogP contribution in [0.25, 0.3) is 0 Å². The second-order valence-electron chi connectivity index (χ2n) is 16.4. The molecule has 13 nitrogen and oxygen atoms in total. The number of nitrogens with one attached hydrogen (secondary N) is 4. The fraction of sp³-hybridized carbons (Fsp3) is 0.861. The van der Waals surface area contributed by atoms with E-state index in [1.165, 1.54) is 4.31 Å². The monoisotopic (exact) mass is 718 g/mol. The van der Waals surface area contributed by atoms with Crippen LogP contribution in [0.1, 0.15) is 124 Å². The van der Waals surface area contributed by atoms with E-state index in [9.17, 15) is 32.4 Å². The van der Waals surface area contributed by atoms with Crippen molar-refractivity contribution in [3.63, 3.8) is 0 Å². The van der Waals surface area contributed by atoms with Crippen molar-refractivity contribution < 1.29 is 32.4 Å². The first kappa shape index (κ1) is 37.0. The molecule has 3 saturated heterocycles. The molecule has 6 atom stereocenters. The van der Waals surface area contributed by atoms with Crippen molar-refractivity contribution in [3.05, 3.63) is 0 Å². The van der Waals surface area contributed by atoms with Gasteiger partial charge in [0, 0.05) is 25.7 Å². The highest BCUT2D eigenvalue weighted by molar-refractivity contribution is 7.90. The molecule has 0 bridgehead atoms. The Morgan fingerprint density at radius 1 is 0.860 bits per heavy atom. The molecule has 4 N–H and O–H groups in total. The van der Waals surface area contributed by atoms with Crippen LogP contribution in [0.4, 0.5) is 4.79 Å². The number of Topliss-reactive ketones (excluding diaryl/α,β-unsaturated/α-hetero) is 1. The molecule has 14 heteroatoms. The Balaban J connectivity index is 1.22. The molecule has 0 radical (unpaired) electrons. The van der Waals surface area contributed by atoms with E-state index in [1.807, 2.05) is 6.92 Å². The maximum atomic E-state index is 14.5. The van der Waals surface area contributed by atoms with Gasteiger partial charge in [-0.1, -0.05) is 78.6 Å². The topological polar surface area (TPSA) is 174 Å². The van der Waals surface area contributed by atoms with E-state index in [0.29, 0.717) is 64.6 Å². The van der Waals surface area contributed by atoms with Gasteiger partial charge in [-0.05, 0) is 62.2 Å². The van der Waals surface area contributed by atoms with E-state index >= 15 is 0 Å². The van der Waals surface area contributed by atoms with Gasteiger partial charge in [0.2, 0.25) is 27.6 Å². The van der Waals surface area contributed by atoms with Crippen LogP contribution in [0, 0.1) is 17.3 Å². The molecule has 6 aliphatic rings. The van der Waals surface area contributed by atoms with E-state index < -0.39 is 62.6 Å². The number of hydrogen-bond donors (Lipinski definition) is 4. The van der Waals surface area contributed by atoms with Crippen LogP contribution in [0.2, 0.25) is 0 Å². The molecule has 3 aliphatic heterocycles. The van der Waals surface area contributed by atoms with Crippen molar-refractivity contribution in [1.29, 1.82) is 0 Å². The van der Waals surface area contributed by atoms with Gasteiger partial charge in [0.1, 0.15) is 12.1 Å². The molecule has 280 valence electrons. The molecule has 3 heterocycles. The zero-order valence-corrected chi connectivity index (χ0v) is 31.0. The van der Waals surface area contributed by atoms with E-state index in [0.717, 1.165) is 57.8 Å². The molecule has 0 spiro atoms. The number of fused-ring (bicyclic) bond motifs is 3. The van der Waals surface area contributed by atoms with E-state index in [-0.39, 0.29) is 29.2 Å². The lowest BCUT2D eigenvalue weighted by Gasteiger charge is -2.42. The molecule has 3 aliphatic carbocycles. The van der Waals surface area contributed by atoms with Crippen molar-refractivity contribution >= 4 is 39.6 Å². The first-order chi connectivity index (χ1) is 23.8. The van der Waals surface area contributed by atoms with Crippen LogP contribution in [-0.2, 0) is 29.2 Å². The zero-order valence-electron chi connectivity index (χ0n) is 30.1. The van der Waals surface area contributed by atoms with Crippen LogP contribution in [0.5, 0.6) is 0 Å². The third-order valence-corrected chi connectivity index (χ3v) is 15.4. The lowest BCUT2D eigenvalue weighted by Crippen LogP contribution is -2.64. The van der Waals surface area contributed by atoms with Gasteiger partial charge in [-0.2, -0.15) is 0 Å². The van der Waals surface area contributed by atoms with Gasteiger partial charge in [0.05, 0.1) is 16.8 Å². The number of rotatable bonds is 7. The smallest absolute Gasteiger partial charge is 0.315 e. The highest BCUT2D eigenvalue weighted by atomic mass is 32.2. The summed E-state index contributed by atoms with van der Waals surface area (Å²) >= 11 is 0. The fourth-order valence-corrected chi connectivity index (χ4v) is 11.9. The van der Waals surface area contributed by atoms with Gasteiger partial charge in [-0.25, -0.2) is 17.5 Å². The molecule has 0 aromatic rings. The summed E-state index contributed by atoms with van der Waals surface area (Å²) in [7, 11) is -3.59.